The number of carbonyl (C=O) groups excluding carboxylic acids is 2. The molecule has 6 nitrogen and oxygen atoms in total. The molecule has 5 rings (SSSR count). The fourth-order valence-electron chi connectivity index (χ4n) is 4.42. The van der Waals surface area contributed by atoms with Crippen molar-refractivity contribution in [1.29, 1.82) is 0 Å². The van der Waals surface area contributed by atoms with E-state index in [0.717, 1.165) is 45.7 Å². The molecule has 1 N–H and O–H groups in total. The molecule has 2 aromatic carbocycles. The van der Waals surface area contributed by atoms with E-state index in [1.807, 2.05) is 80.6 Å². The normalized spacial score (nSPS) is 14.4. The Labute approximate surface area is 230 Å². The molecule has 4 aromatic rings. The largest absolute Gasteiger partial charge is 0.465 e. The molecule has 1 fully saturated rings. The van der Waals surface area contributed by atoms with Crippen molar-refractivity contribution in [2.45, 2.75) is 38.2 Å². The maximum Gasteiger partial charge on any atom is 0.412 e. The van der Waals surface area contributed by atoms with Crippen LogP contribution in [0.25, 0.3) is 21.7 Å². The minimum atomic E-state index is -0.557. The number of aromatic nitrogens is 1. The zero-order valence-electron chi connectivity index (χ0n) is 21.1. The number of ether oxygens (including phenoxy) is 2. The monoisotopic (exact) mass is 546 g/mol. The zero-order chi connectivity index (χ0) is 26.7. The summed E-state index contributed by atoms with van der Waals surface area (Å²) in [6.07, 6.45) is 2.44. The Morgan fingerprint density at radius 3 is 2.39 bits per heavy atom. The van der Waals surface area contributed by atoms with Gasteiger partial charge < -0.3 is 9.47 Å². The van der Waals surface area contributed by atoms with Gasteiger partial charge in [0.25, 0.3) is 0 Å². The first-order valence-electron chi connectivity index (χ1n) is 12.5. The summed E-state index contributed by atoms with van der Waals surface area (Å²) in [7, 11) is 0. The number of esters is 1. The zero-order valence-corrected chi connectivity index (χ0v) is 22.6. The molecule has 2 aromatic heterocycles. The molecule has 0 unspecified atom stereocenters. The van der Waals surface area contributed by atoms with Crippen molar-refractivity contribution in [1.82, 2.24) is 4.98 Å². The second-order valence-corrected chi connectivity index (χ2v) is 10.9. The van der Waals surface area contributed by atoms with E-state index < -0.39 is 17.6 Å². The van der Waals surface area contributed by atoms with Gasteiger partial charge in [-0.15, -0.1) is 11.3 Å². The van der Waals surface area contributed by atoms with Crippen LogP contribution in [0.1, 0.15) is 43.9 Å². The maximum absolute atomic E-state index is 12.6. The van der Waals surface area contributed by atoms with Gasteiger partial charge in [0.1, 0.15) is 6.10 Å². The van der Waals surface area contributed by atoms with Crippen LogP contribution in [0.15, 0.2) is 79.0 Å². The topological polar surface area (TPSA) is 77.5 Å². The SMILES string of the molecule is CCOC(=O)C1(c2ccc(-c3ccc(-c4sc(Cl)cc4NC(=O)O[C@H](C)c4ccccc4)cn3)cc2)CC1. The lowest BCUT2D eigenvalue weighted by Gasteiger charge is -2.15. The van der Waals surface area contributed by atoms with Gasteiger partial charge in [0, 0.05) is 17.3 Å². The number of hydrogen-bond donors (Lipinski definition) is 1. The molecule has 8 heteroatoms. The number of anilines is 1. The molecule has 2 heterocycles. The van der Waals surface area contributed by atoms with Crippen molar-refractivity contribution in [3.63, 3.8) is 0 Å². The third kappa shape index (κ3) is 5.44. The van der Waals surface area contributed by atoms with Gasteiger partial charge in [-0.3, -0.25) is 15.1 Å². The molecule has 194 valence electrons. The Hall–Kier alpha value is -3.68. The molecule has 0 saturated heterocycles. The van der Waals surface area contributed by atoms with Crippen molar-refractivity contribution in [3.8, 4) is 21.7 Å². The quantitative estimate of drug-likeness (QED) is 0.226. The molecule has 0 aliphatic heterocycles. The second-order valence-electron chi connectivity index (χ2n) is 9.19. The van der Waals surface area contributed by atoms with Gasteiger partial charge in [0.15, 0.2) is 0 Å². The van der Waals surface area contributed by atoms with E-state index in [-0.39, 0.29) is 5.97 Å². The molecule has 0 bridgehead atoms. The van der Waals surface area contributed by atoms with Crippen LogP contribution in [0.4, 0.5) is 10.5 Å². The highest BCUT2D eigenvalue weighted by Crippen LogP contribution is 2.49. The number of nitrogens with one attached hydrogen (secondary N) is 1. The average molecular weight is 547 g/mol. The molecule has 1 atom stereocenters. The maximum atomic E-state index is 12.6. The summed E-state index contributed by atoms with van der Waals surface area (Å²) >= 11 is 7.66. The van der Waals surface area contributed by atoms with Crippen LogP contribution >= 0.6 is 22.9 Å². The predicted octanol–water partition coefficient (Wildman–Crippen LogP) is 8.03. The molecule has 0 radical (unpaired) electrons. The number of nitrogens with zero attached hydrogens (tertiary/aromatic N) is 1. The number of pyridine rings is 1. The van der Waals surface area contributed by atoms with E-state index in [4.69, 9.17) is 21.1 Å². The van der Waals surface area contributed by atoms with Crippen LogP contribution in [0.5, 0.6) is 0 Å². The van der Waals surface area contributed by atoms with Crippen LogP contribution < -0.4 is 5.32 Å². The Balaban J connectivity index is 1.29. The Kier molecular flexibility index (Phi) is 7.49. The molecular formula is C30H27ClN2O4S. The smallest absolute Gasteiger partial charge is 0.412 e. The average Bonchev–Trinajstić information content (AvgIpc) is 3.67. The summed E-state index contributed by atoms with van der Waals surface area (Å²) in [5.41, 5.74) is 4.54. The van der Waals surface area contributed by atoms with Gasteiger partial charge >= 0.3 is 12.1 Å². The van der Waals surface area contributed by atoms with E-state index in [1.54, 1.807) is 12.3 Å². The summed E-state index contributed by atoms with van der Waals surface area (Å²) in [4.78, 5) is 30.4. The van der Waals surface area contributed by atoms with Crippen molar-refractivity contribution in [2.75, 3.05) is 11.9 Å². The highest BCUT2D eigenvalue weighted by molar-refractivity contribution is 7.20. The van der Waals surface area contributed by atoms with Gasteiger partial charge in [-0.05, 0) is 56.0 Å². The molecule has 1 aliphatic rings. The van der Waals surface area contributed by atoms with Crippen molar-refractivity contribution < 1.29 is 19.1 Å². The van der Waals surface area contributed by atoms with Crippen molar-refractivity contribution in [3.05, 3.63) is 94.5 Å². The molecule has 1 aliphatic carbocycles. The van der Waals surface area contributed by atoms with E-state index in [9.17, 15) is 9.59 Å². The van der Waals surface area contributed by atoms with Gasteiger partial charge in [-0.25, -0.2) is 4.79 Å². The number of thiophene rings is 1. The Morgan fingerprint density at radius 2 is 1.76 bits per heavy atom. The fourth-order valence-corrected chi connectivity index (χ4v) is 5.60. The third-order valence-electron chi connectivity index (χ3n) is 6.67. The van der Waals surface area contributed by atoms with E-state index in [0.29, 0.717) is 16.6 Å². The Morgan fingerprint density at radius 1 is 1.05 bits per heavy atom. The summed E-state index contributed by atoms with van der Waals surface area (Å²) < 4.78 is 11.4. The Bertz CT molecular complexity index is 1430. The highest BCUT2D eigenvalue weighted by Gasteiger charge is 2.52. The van der Waals surface area contributed by atoms with E-state index in [1.165, 1.54) is 11.3 Å². The van der Waals surface area contributed by atoms with E-state index in [2.05, 4.69) is 10.3 Å². The van der Waals surface area contributed by atoms with Crippen LogP contribution in [0.3, 0.4) is 0 Å². The summed E-state index contributed by atoms with van der Waals surface area (Å²) in [5.74, 6) is -0.146. The molecule has 1 amide bonds. The van der Waals surface area contributed by atoms with Crippen LogP contribution in [0, 0.1) is 0 Å². The minimum Gasteiger partial charge on any atom is -0.465 e. The molecule has 1 saturated carbocycles. The lowest BCUT2D eigenvalue weighted by Crippen LogP contribution is -2.23. The third-order valence-corrected chi connectivity index (χ3v) is 7.98. The number of hydrogen-bond acceptors (Lipinski definition) is 6. The van der Waals surface area contributed by atoms with Crippen LogP contribution in [-0.2, 0) is 19.7 Å². The fraction of sp³-hybridized carbons (Fsp3) is 0.233. The van der Waals surface area contributed by atoms with Crippen LogP contribution in [0.2, 0.25) is 4.34 Å². The first-order chi connectivity index (χ1) is 18.4. The first kappa shape index (κ1) is 25.9. The van der Waals surface area contributed by atoms with Crippen LogP contribution in [-0.4, -0.2) is 23.7 Å². The summed E-state index contributed by atoms with van der Waals surface area (Å²) in [6, 6.07) is 23.1. The highest BCUT2D eigenvalue weighted by atomic mass is 35.5. The minimum absolute atomic E-state index is 0.146. The number of carbonyl (C=O) groups is 2. The number of amides is 1. The number of benzene rings is 2. The molecule has 0 spiro atoms. The summed E-state index contributed by atoms with van der Waals surface area (Å²) in [5, 5.41) is 2.82. The van der Waals surface area contributed by atoms with Gasteiger partial charge in [0.2, 0.25) is 0 Å². The lowest BCUT2D eigenvalue weighted by molar-refractivity contribution is -0.146. The second kappa shape index (κ2) is 11.0. The predicted molar refractivity (Wildman–Crippen MR) is 151 cm³/mol. The molecule has 38 heavy (non-hydrogen) atoms. The van der Waals surface area contributed by atoms with E-state index >= 15 is 0 Å². The number of rotatable bonds is 8. The van der Waals surface area contributed by atoms with Crippen molar-refractivity contribution in [2.24, 2.45) is 0 Å². The number of halogens is 1. The standard InChI is InChI=1S/C30H27ClN2O4S/c1-3-36-28(34)30(15-16-30)23-12-9-21(10-13-23)24-14-11-22(18-32-24)27-25(17-26(31)38-27)33-29(35)37-19(2)20-7-5-4-6-8-20/h4-14,17-19H,3,15-16H2,1-2H3,(H,33,35)/t19-/m1/s1. The first-order valence-corrected chi connectivity index (χ1v) is 13.7. The van der Waals surface area contributed by atoms with Gasteiger partial charge in [-0.2, -0.15) is 0 Å². The van der Waals surface area contributed by atoms with Gasteiger partial charge in [0.05, 0.1) is 32.6 Å². The lowest BCUT2D eigenvalue weighted by atomic mass is 9.94. The van der Waals surface area contributed by atoms with Gasteiger partial charge in [-0.1, -0.05) is 66.2 Å². The van der Waals surface area contributed by atoms with Crippen molar-refractivity contribution >= 4 is 40.7 Å². The summed E-state index contributed by atoms with van der Waals surface area (Å²) in [6.45, 7) is 4.04. The molecular weight excluding hydrogens is 520 g/mol.